The van der Waals surface area contributed by atoms with Crippen molar-refractivity contribution in [1.29, 1.82) is 0 Å². The molecule has 0 aliphatic carbocycles. The van der Waals surface area contributed by atoms with Gasteiger partial charge in [-0.25, -0.2) is 13.4 Å². The van der Waals surface area contributed by atoms with Crippen molar-refractivity contribution in [3.05, 3.63) is 47.1 Å². The first-order chi connectivity index (χ1) is 9.34. The van der Waals surface area contributed by atoms with Crippen molar-refractivity contribution in [3.63, 3.8) is 0 Å². The number of nitrogens with two attached hydrogens (primary N) is 1. The lowest BCUT2D eigenvalue weighted by Gasteiger charge is -2.20. The van der Waals surface area contributed by atoms with E-state index in [2.05, 4.69) is 4.98 Å². The number of nitrogens with zero attached hydrogens (tertiary/aromatic N) is 2. The average Bonchev–Trinajstić information content (AvgIpc) is 2.42. The number of benzene rings is 1. The van der Waals surface area contributed by atoms with Gasteiger partial charge in [0.05, 0.1) is 15.6 Å². The Morgan fingerprint density at radius 2 is 2.00 bits per heavy atom. The summed E-state index contributed by atoms with van der Waals surface area (Å²) in [4.78, 5) is 4.15. The number of hydrogen-bond acceptors (Lipinski definition) is 4. The van der Waals surface area contributed by atoms with E-state index in [1.165, 1.54) is 25.4 Å². The van der Waals surface area contributed by atoms with Crippen LogP contribution in [0.5, 0.6) is 0 Å². The van der Waals surface area contributed by atoms with E-state index in [4.69, 9.17) is 17.3 Å². The molecule has 2 N–H and O–H groups in total. The molecular formula is C13H14ClN3O2S. The molecule has 0 saturated heterocycles. The number of rotatable bonds is 3. The molecule has 20 heavy (non-hydrogen) atoms. The summed E-state index contributed by atoms with van der Waals surface area (Å²) in [7, 11) is -2.28. The van der Waals surface area contributed by atoms with E-state index < -0.39 is 10.0 Å². The fraction of sp³-hybridized carbons (Fsp3) is 0.154. The number of hydrogen-bond donors (Lipinski definition) is 1. The second kappa shape index (κ2) is 5.30. The summed E-state index contributed by atoms with van der Waals surface area (Å²) in [5, 5.41) is 0.335. The number of aromatic nitrogens is 1. The third-order valence-corrected chi connectivity index (χ3v) is 5.14. The van der Waals surface area contributed by atoms with Crippen LogP contribution >= 0.6 is 11.6 Å². The number of sulfonamides is 1. The lowest BCUT2D eigenvalue weighted by Crippen LogP contribution is -2.28. The maximum atomic E-state index is 12.6. The monoisotopic (exact) mass is 311 g/mol. The highest BCUT2D eigenvalue weighted by atomic mass is 35.5. The van der Waals surface area contributed by atoms with Gasteiger partial charge in [0.1, 0.15) is 5.82 Å². The molecule has 2 aromatic rings. The molecule has 106 valence electrons. The van der Waals surface area contributed by atoms with Gasteiger partial charge in [0.25, 0.3) is 10.0 Å². The van der Waals surface area contributed by atoms with Crippen LogP contribution < -0.4 is 10.0 Å². The average molecular weight is 312 g/mol. The summed E-state index contributed by atoms with van der Waals surface area (Å²) in [5.74, 6) is 0.334. The molecule has 0 aliphatic rings. The van der Waals surface area contributed by atoms with Crippen LogP contribution in [-0.4, -0.2) is 20.4 Å². The Bertz CT molecular complexity index is 733. The van der Waals surface area contributed by atoms with Crippen LogP contribution in [0.25, 0.3) is 0 Å². The van der Waals surface area contributed by atoms with E-state index in [0.29, 0.717) is 16.4 Å². The molecule has 0 aliphatic heterocycles. The van der Waals surface area contributed by atoms with Crippen LogP contribution in [0.4, 0.5) is 11.5 Å². The Kier molecular flexibility index (Phi) is 3.87. The molecule has 0 fully saturated rings. The van der Waals surface area contributed by atoms with Crippen LogP contribution in [0.15, 0.2) is 41.4 Å². The smallest absolute Gasteiger partial charge is 0.265 e. The van der Waals surface area contributed by atoms with Crippen molar-refractivity contribution in [1.82, 2.24) is 4.98 Å². The van der Waals surface area contributed by atoms with Gasteiger partial charge in [-0.15, -0.1) is 0 Å². The second-order valence-electron chi connectivity index (χ2n) is 4.30. The molecule has 0 atom stereocenters. The Balaban J connectivity index is 2.54. The summed E-state index contributed by atoms with van der Waals surface area (Å²) in [6.45, 7) is 1.67. The van der Waals surface area contributed by atoms with Crippen molar-refractivity contribution < 1.29 is 8.42 Å². The minimum Gasteiger partial charge on any atom is -0.397 e. The standard InChI is InChI=1S/C13H14ClN3O2S/c1-9-7-10(14)11(15)8-12(9)20(18,19)17(2)13-5-3-4-6-16-13/h3-8H,15H2,1-2H3. The normalized spacial score (nSPS) is 11.3. The van der Waals surface area contributed by atoms with E-state index in [0.717, 1.165) is 4.31 Å². The summed E-state index contributed by atoms with van der Waals surface area (Å²) < 4.78 is 26.3. The predicted octanol–water partition coefficient (Wildman–Crippen LogP) is 2.45. The third kappa shape index (κ3) is 2.57. The zero-order chi connectivity index (χ0) is 14.9. The fourth-order valence-corrected chi connectivity index (χ4v) is 3.37. The molecule has 0 bridgehead atoms. The minimum atomic E-state index is -3.73. The molecule has 1 aromatic carbocycles. The number of halogens is 1. The number of anilines is 2. The zero-order valence-corrected chi connectivity index (χ0v) is 12.6. The first-order valence-corrected chi connectivity index (χ1v) is 7.61. The SMILES string of the molecule is Cc1cc(Cl)c(N)cc1S(=O)(=O)N(C)c1ccccn1. The van der Waals surface area contributed by atoms with Crippen molar-refractivity contribution in [2.45, 2.75) is 11.8 Å². The Hall–Kier alpha value is -1.79. The Labute approximate surface area is 123 Å². The molecule has 5 nitrogen and oxygen atoms in total. The highest BCUT2D eigenvalue weighted by molar-refractivity contribution is 7.92. The van der Waals surface area contributed by atoms with Gasteiger partial charge in [-0.1, -0.05) is 17.7 Å². The first-order valence-electron chi connectivity index (χ1n) is 5.79. The lowest BCUT2D eigenvalue weighted by atomic mass is 10.2. The molecular weight excluding hydrogens is 298 g/mol. The summed E-state index contributed by atoms with van der Waals surface area (Å²) in [6.07, 6.45) is 1.53. The number of pyridine rings is 1. The van der Waals surface area contributed by atoms with Gasteiger partial charge in [0, 0.05) is 13.2 Å². The van der Waals surface area contributed by atoms with Gasteiger partial charge in [-0.2, -0.15) is 0 Å². The highest BCUT2D eigenvalue weighted by Gasteiger charge is 2.24. The Morgan fingerprint density at radius 3 is 2.60 bits per heavy atom. The van der Waals surface area contributed by atoms with Crippen molar-refractivity contribution in [2.24, 2.45) is 0 Å². The minimum absolute atomic E-state index is 0.118. The topological polar surface area (TPSA) is 76.3 Å². The van der Waals surface area contributed by atoms with Gasteiger partial charge >= 0.3 is 0 Å². The largest absolute Gasteiger partial charge is 0.397 e. The van der Waals surface area contributed by atoms with E-state index in [1.807, 2.05) is 0 Å². The number of aryl methyl sites for hydroxylation is 1. The van der Waals surface area contributed by atoms with E-state index in [1.54, 1.807) is 25.1 Å². The van der Waals surface area contributed by atoms with Crippen LogP contribution in [0.2, 0.25) is 5.02 Å². The summed E-state index contributed by atoms with van der Waals surface area (Å²) in [5.41, 5.74) is 6.46. The van der Waals surface area contributed by atoms with Gasteiger partial charge in [-0.3, -0.25) is 4.31 Å². The van der Waals surface area contributed by atoms with Gasteiger partial charge in [-0.05, 0) is 36.8 Å². The van der Waals surface area contributed by atoms with Crippen LogP contribution in [-0.2, 0) is 10.0 Å². The maximum Gasteiger partial charge on any atom is 0.265 e. The fourth-order valence-electron chi connectivity index (χ4n) is 1.76. The zero-order valence-electron chi connectivity index (χ0n) is 11.0. The predicted molar refractivity (Wildman–Crippen MR) is 80.4 cm³/mol. The lowest BCUT2D eigenvalue weighted by molar-refractivity contribution is 0.593. The van der Waals surface area contributed by atoms with E-state index >= 15 is 0 Å². The molecule has 0 amide bonds. The Morgan fingerprint density at radius 1 is 1.30 bits per heavy atom. The van der Waals surface area contributed by atoms with Crippen molar-refractivity contribution in [2.75, 3.05) is 17.1 Å². The van der Waals surface area contributed by atoms with Crippen molar-refractivity contribution >= 4 is 33.1 Å². The summed E-state index contributed by atoms with van der Waals surface area (Å²) in [6, 6.07) is 7.96. The molecule has 1 aromatic heterocycles. The van der Waals surface area contributed by atoms with Gasteiger partial charge in [0.2, 0.25) is 0 Å². The summed E-state index contributed by atoms with van der Waals surface area (Å²) >= 11 is 5.89. The van der Waals surface area contributed by atoms with Crippen LogP contribution in [0, 0.1) is 6.92 Å². The highest BCUT2D eigenvalue weighted by Crippen LogP contribution is 2.29. The first kappa shape index (κ1) is 14.6. The molecule has 0 spiro atoms. The van der Waals surface area contributed by atoms with Gasteiger partial charge < -0.3 is 5.73 Å². The molecule has 1 heterocycles. The molecule has 7 heteroatoms. The van der Waals surface area contributed by atoms with Crippen LogP contribution in [0.1, 0.15) is 5.56 Å². The maximum absolute atomic E-state index is 12.6. The van der Waals surface area contributed by atoms with Crippen LogP contribution in [0.3, 0.4) is 0 Å². The molecule has 0 unspecified atom stereocenters. The number of nitrogen functional groups attached to an aromatic ring is 1. The van der Waals surface area contributed by atoms with E-state index in [-0.39, 0.29) is 10.6 Å². The quantitative estimate of drug-likeness (QED) is 0.883. The second-order valence-corrected chi connectivity index (χ2v) is 6.64. The third-order valence-electron chi connectivity index (χ3n) is 2.90. The molecule has 2 rings (SSSR count). The van der Waals surface area contributed by atoms with Gasteiger partial charge in [0.15, 0.2) is 0 Å². The van der Waals surface area contributed by atoms with E-state index in [9.17, 15) is 8.42 Å². The molecule has 0 radical (unpaired) electrons. The van der Waals surface area contributed by atoms with Crippen molar-refractivity contribution in [3.8, 4) is 0 Å². The molecule has 0 saturated carbocycles.